The van der Waals surface area contributed by atoms with E-state index in [9.17, 15) is 9.59 Å². The van der Waals surface area contributed by atoms with E-state index in [1.807, 2.05) is 4.90 Å². The summed E-state index contributed by atoms with van der Waals surface area (Å²) in [6.45, 7) is 2.16. The zero-order valence-electron chi connectivity index (χ0n) is 17.4. The number of aldehydes is 1. The molecule has 160 valence electrons. The molecule has 0 unspecified atom stereocenters. The van der Waals surface area contributed by atoms with Crippen LogP contribution in [0.1, 0.15) is 20.7 Å². The van der Waals surface area contributed by atoms with Crippen molar-refractivity contribution in [2.45, 2.75) is 0 Å². The van der Waals surface area contributed by atoms with Gasteiger partial charge in [-0.15, -0.1) is 0 Å². The van der Waals surface area contributed by atoms with Crippen LogP contribution in [0.3, 0.4) is 0 Å². The topological polar surface area (TPSA) is 111 Å². The van der Waals surface area contributed by atoms with Crippen molar-refractivity contribution < 1.29 is 19.1 Å². The maximum absolute atomic E-state index is 12.8. The molecule has 2 aromatic carbocycles. The molecular formula is C22H23N5O4. The average molecular weight is 421 g/mol. The highest BCUT2D eigenvalue weighted by atomic mass is 16.5. The Morgan fingerprint density at radius 1 is 1.03 bits per heavy atom. The van der Waals surface area contributed by atoms with E-state index in [4.69, 9.17) is 15.2 Å². The van der Waals surface area contributed by atoms with Crippen LogP contribution in [0.2, 0.25) is 0 Å². The van der Waals surface area contributed by atoms with E-state index in [2.05, 4.69) is 9.97 Å². The molecule has 0 spiro atoms. The second kappa shape index (κ2) is 8.47. The van der Waals surface area contributed by atoms with Crippen molar-refractivity contribution in [2.24, 2.45) is 0 Å². The number of nitrogens with two attached hydrogens (primary N) is 1. The lowest BCUT2D eigenvalue weighted by molar-refractivity contribution is 0.0746. The number of piperazine rings is 1. The molecule has 1 aromatic heterocycles. The molecule has 0 radical (unpaired) electrons. The molecular weight excluding hydrogens is 398 g/mol. The average Bonchev–Trinajstić information content (AvgIpc) is 2.82. The van der Waals surface area contributed by atoms with Crippen LogP contribution in [0, 0.1) is 0 Å². The number of fused-ring (bicyclic) bond motifs is 1. The highest BCUT2D eigenvalue weighted by Gasteiger charge is 2.24. The first-order valence-electron chi connectivity index (χ1n) is 9.82. The smallest absolute Gasteiger partial charge is 0.253 e. The number of aromatic nitrogens is 2. The van der Waals surface area contributed by atoms with Gasteiger partial charge in [0.25, 0.3) is 5.91 Å². The lowest BCUT2D eigenvalue weighted by Crippen LogP contribution is -2.49. The molecule has 9 heteroatoms. The van der Waals surface area contributed by atoms with E-state index in [0.29, 0.717) is 71.5 Å². The van der Waals surface area contributed by atoms with E-state index in [-0.39, 0.29) is 5.91 Å². The zero-order valence-corrected chi connectivity index (χ0v) is 17.4. The number of benzene rings is 2. The summed E-state index contributed by atoms with van der Waals surface area (Å²) in [4.78, 5) is 36.6. The number of nitrogens with zero attached hydrogens (tertiary/aromatic N) is 4. The number of rotatable bonds is 5. The number of hydrogen-bond donors (Lipinski definition) is 1. The van der Waals surface area contributed by atoms with Gasteiger partial charge in [0.15, 0.2) is 11.5 Å². The second-order valence-corrected chi connectivity index (χ2v) is 7.16. The van der Waals surface area contributed by atoms with Crippen LogP contribution >= 0.6 is 0 Å². The summed E-state index contributed by atoms with van der Waals surface area (Å²) in [6.07, 6.45) is 0.737. The molecule has 1 aliphatic rings. The van der Waals surface area contributed by atoms with Gasteiger partial charge < -0.3 is 25.0 Å². The minimum Gasteiger partial charge on any atom is -0.493 e. The van der Waals surface area contributed by atoms with Crippen LogP contribution in [-0.2, 0) is 0 Å². The van der Waals surface area contributed by atoms with Gasteiger partial charge in [-0.1, -0.05) is 12.1 Å². The predicted molar refractivity (Wildman–Crippen MR) is 117 cm³/mol. The quantitative estimate of drug-likeness (QED) is 0.623. The number of carbonyl (C=O) groups is 2. The SMILES string of the molecule is COc1cc2nc(N3CCN(C(=O)c4cccc(C=O)c4)CC3)nc(N)c2cc1OC. The number of anilines is 2. The van der Waals surface area contributed by atoms with Crippen LogP contribution in [0.5, 0.6) is 11.5 Å². The Labute approximate surface area is 179 Å². The van der Waals surface area contributed by atoms with Gasteiger partial charge in [0, 0.05) is 48.8 Å². The number of methoxy groups -OCH3 is 2. The Morgan fingerprint density at radius 3 is 2.42 bits per heavy atom. The van der Waals surface area contributed by atoms with Crippen molar-refractivity contribution in [3.8, 4) is 11.5 Å². The second-order valence-electron chi connectivity index (χ2n) is 7.16. The van der Waals surface area contributed by atoms with Gasteiger partial charge in [-0.05, 0) is 18.2 Å². The lowest BCUT2D eigenvalue weighted by atomic mass is 10.1. The van der Waals surface area contributed by atoms with Crippen molar-refractivity contribution >= 4 is 34.9 Å². The van der Waals surface area contributed by atoms with Gasteiger partial charge in [-0.3, -0.25) is 9.59 Å². The molecule has 1 fully saturated rings. The van der Waals surface area contributed by atoms with Gasteiger partial charge in [-0.2, -0.15) is 4.98 Å². The summed E-state index contributed by atoms with van der Waals surface area (Å²) >= 11 is 0. The van der Waals surface area contributed by atoms with Gasteiger partial charge in [0.2, 0.25) is 5.95 Å². The van der Waals surface area contributed by atoms with Crippen LogP contribution in [0.15, 0.2) is 36.4 Å². The summed E-state index contributed by atoms with van der Waals surface area (Å²) in [5.41, 5.74) is 7.84. The highest BCUT2D eigenvalue weighted by Crippen LogP contribution is 2.34. The molecule has 2 N–H and O–H groups in total. The van der Waals surface area contributed by atoms with E-state index in [1.165, 1.54) is 0 Å². The molecule has 0 saturated carbocycles. The molecule has 1 saturated heterocycles. The lowest BCUT2D eigenvalue weighted by Gasteiger charge is -2.35. The van der Waals surface area contributed by atoms with Gasteiger partial charge in [0.1, 0.15) is 12.1 Å². The standard InChI is InChI=1S/C22H23N5O4/c1-30-18-11-16-17(12-19(18)31-2)24-22(25-20(16)23)27-8-6-26(7-9-27)21(29)15-5-3-4-14(10-15)13-28/h3-5,10-13H,6-9H2,1-2H3,(H2,23,24,25). The molecule has 31 heavy (non-hydrogen) atoms. The van der Waals surface area contributed by atoms with Crippen LogP contribution < -0.4 is 20.1 Å². The fourth-order valence-corrected chi connectivity index (χ4v) is 3.65. The molecule has 4 rings (SSSR count). The van der Waals surface area contributed by atoms with Gasteiger partial charge >= 0.3 is 0 Å². The van der Waals surface area contributed by atoms with E-state index in [1.54, 1.807) is 55.5 Å². The van der Waals surface area contributed by atoms with Gasteiger partial charge in [-0.25, -0.2) is 4.98 Å². The number of carbonyl (C=O) groups excluding carboxylic acids is 2. The van der Waals surface area contributed by atoms with Crippen molar-refractivity contribution in [2.75, 3.05) is 51.0 Å². The van der Waals surface area contributed by atoms with E-state index in [0.717, 1.165) is 6.29 Å². The summed E-state index contributed by atoms with van der Waals surface area (Å²) in [5, 5.41) is 0.685. The first-order chi connectivity index (χ1) is 15.0. The molecule has 3 aromatic rings. The third-order valence-electron chi connectivity index (χ3n) is 5.34. The van der Waals surface area contributed by atoms with Gasteiger partial charge in [0.05, 0.1) is 19.7 Å². The number of amides is 1. The number of hydrogen-bond acceptors (Lipinski definition) is 8. The number of nitrogen functional groups attached to an aromatic ring is 1. The third-order valence-corrected chi connectivity index (χ3v) is 5.34. The van der Waals surface area contributed by atoms with E-state index >= 15 is 0 Å². The Morgan fingerprint density at radius 2 is 1.74 bits per heavy atom. The van der Waals surface area contributed by atoms with Crippen LogP contribution in [0.4, 0.5) is 11.8 Å². The molecule has 0 bridgehead atoms. The Bertz CT molecular complexity index is 1140. The molecule has 9 nitrogen and oxygen atoms in total. The Hall–Kier alpha value is -3.88. The maximum Gasteiger partial charge on any atom is 0.253 e. The number of ether oxygens (including phenoxy) is 2. The van der Waals surface area contributed by atoms with E-state index < -0.39 is 0 Å². The highest BCUT2D eigenvalue weighted by molar-refractivity contribution is 5.96. The predicted octanol–water partition coefficient (Wildman–Crippen LogP) is 2.00. The van der Waals surface area contributed by atoms with Crippen molar-refractivity contribution in [3.63, 3.8) is 0 Å². The largest absolute Gasteiger partial charge is 0.493 e. The van der Waals surface area contributed by atoms with Crippen molar-refractivity contribution in [3.05, 3.63) is 47.5 Å². The molecule has 0 atom stereocenters. The first-order valence-corrected chi connectivity index (χ1v) is 9.82. The van der Waals surface area contributed by atoms with Crippen molar-refractivity contribution in [1.29, 1.82) is 0 Å². The monoisotopic (exact) mass is 421 g/mol. The summed E-state index contributed by atoms with van der Waals surface area (Å²) < 4.78 is 10.7. The zero-order chi connectivity index (χ0) is 22.0. The van der Waals surface area contributed by atoms with Crippen LogP contribution in [0.25, 0.3) is 10.9 Å². The summed E-state index contributed by atoms with van der Waals surface area (Å²) in [6, 6.07) is 10.2. The summed E-state index contributed by atoms with van der Waals surface area (Å²) in [7, 11) is 3.13. The van der Waals surface area contributed by atoms with Crippen LogP contribution in [-0.4, -0.2) is 67.5 Å². The maximum atomic E-state index is 12.8. The Balaban J connectivity index is 1.53. The first kappa shape index (κ1) is 20.4. The third kappa shape index (κ3) is 3.94. The fourth-order valence-electron chi connectivity index (χ4n) is 3.65. The molecule has 1 aliphatic heterocycles. The molecule has 1 amide bonds. The summed E-state index contributed by atoms with van der Waals surface area (Å²) in [5.74, 6) is 1.88. The minimum atomic E-state index is -0.0980. The van der Waals surface area contributed by atoms with Crippen molar-refractivity contribution in [1.82, 2.24) is 14.9 Å². The fraction of sp³-hybridized carbons (Fsp3) is 0.273. The normalized spacial score (nSPS) is 13.9. The Kier molecular flexibility index (Phi) is 5.57. The minimum absolute atomic E-state index is 0.0980. The molecule has 0 aliphatic carbocycles. The molecule has 2 heterocycles.